The number of methoxy groups -OCH3 is 1. The van der Waals surface area contributed by atoms with Crippen molar-refractivity contribution in [3.8, 4) is 5.75 Å². The fourth-order valence-corrected chi connectivity index (χ4v) is 3.37. The molecule has 0 aliphatic rings. The van der Waals surface area contributed by atoms with Crippen molar-refractivity contribution in [2.75, 3.05) is 7.11 Å². The first-order valence-corrected chi connectivity index (χ1v) is 10.2. The van der Waals surface area contributed by atoms with Crippen LogP contribution in [0, 0.1) is 0 Å². The van der Waals surface area contributed by atoms with E-state index >= 15 is 0 Å². The molecular formula is C25H20BClN2O2. The number of hydrogen-bond acceptors (Lipinski definition) is 4. The van der Waals surface area contributed by atoms with Gasteiger partial charge < -0.3 is 9.39 Å². The molecule has 4 nitrogen and oxygen atoms in total. The predicted molar refractivity (Wildman–Crippen MR) is 127 cm³/mol. The highest BCUT2D eigenvalue weighted by atomic mass is 35.5. The van der Waals surface area contributed by atoms with Crippen molar-refractivity contribution in [1.29, 1.82) is 0 Å². The molecule has 0 bridgehead atoms. The minimum Gasteiger partial charge on any atom is -0.551 e. The summed E-state index contributed by atoms with van der Waals surface area (Å²) in [7, 11) is 1.64. The number of rotatable bonds is 7. The van der Waals surface area contributed by atoms with Crippen molar-refractivity contribution in [2.24, 2.45) is 0 Å². The average Bonchev–Trinajstić information content (AvgIpc) is 2.83. The zero-order valence-corrected chi connectivity index (χ0v) is 17.7. The molecule has 0 saturated carbocycles. The van der Waals surface area contributed by atoms with E-state index in [2.05, 4.69) is 34.2 Å². The van der Waals surface area contributed by atoms with E-state index in [1.165, 1.54) is 6.33 Å². The first-order chi connectivity index (χ1) is 15.2. The van der Waals surface area contributed by atoms with Crippen LogP contribution in [0.2, 0.25) is 5.15 Å². The van der Waals surface area contributed by atoms with Gasteiger partial charge in [0.05, 0.1) is 12.8 Å². The fourth-order valence-electron chi connectivity index (χ4n) is 3.21. The Balaban J connectivity index is 1.79. The van der Waals surface area contributed by atoms with Gasteiger partial charge in [0, 0.05) is 17.7 Å². The van der Waals surface area contributed by atoms with E-state index in [0.717, 1.165) is 22.2 Å². The molecule has 1 aromatic heterocycles. The topological polar surface area (TPSA) is 44.2 Å². The molecule has 0 amide bonds. The molecular weight excluding hydrogens is 407 g/mol. The highest BCUT2D eigenvalue weighted by molar-refractivity contribution is 6.80. The Labute approximate surface area is 187 Å². The van der Waals surface area contributed by atoms with E-state index in [1.54, 1.807) is 13.2 Å². The molecule has 31 heavy (non-hydrogen) atoms. The van der Waals surface area contributed by atoms with E-state index in [-0.39, 0.29) is 6.92 Å². The molecule has 0 fully saturated rings. The monoisotopic (exact) mass is 426 g/mol. The van der Waals surface area contributed by atoms with Crippen molar-refractivity contribution in [2.45, 2.75) is 0 Å². The van der Waals surface area contributed by atoms with Gasteiger partial charge in [-0.2, -0.15) is 0 Å². The molecule has 0 saturated heterocycles. The molecule has 4 rings (SSSR count). The first kappa shape index (κ1) is 20.7. The van der Waals surface area contributed by atoms with E-state index < -0.39 is 0 Å². The van der Waals surface area contributed by atoms with Gasteiger partial charge in [0.1, 0.15) is 23.0 Å². The molecule has 1 heterocycles. The molecule has 0 unspecified atom stereocenters. The summed E-state index contributed by atoms with van der Waals surface area (Å²) in [6.45, 7) is -0.298. The SMILES string of the molecule is COc1ccc(/C(=C\c2cc(Cl)ncn2)OB(c2ccccc2)c2ccccc2)cc1. The van der Waals surface area contributed by atoms with Crippen LogP contribution in [0.3, 0.4) is 0 Å². The molecule has 0 aliphatic carbocycles. The second kappa shape index (κ2) is 9.96. The van der Waals surface area contributed by atoms with Crippen molar-refractivity contribution >= 4 is 41.3 Å². The Morgan fingerprint density at radius 2 is 1.45 bits per heavy atom. The van der Waals surface area contributed by atoms with Gasteiger partial charge in [-0.1, -0.05) is 72.3 Å². The maximum atomic E-state index is 6.64. The lowest BCUT2D eigenvalue weighted by atomic mass is 9.55. The zero-order chi connectivity index (χ0) is 21.5. The van der Waals surface area contributed by atoms with Crippen LogP contribution in [0.15, 0.2) is 97.3 Å². The molecule has 4 aromatic rings. The second-order valence-corrected chi connectivity index (χ2v) is 7.21. The van der Waals surface area contributed by atoms with E-state index in [1.807, 2.05) is 66.7 Å². The fraction of sp³-hybridized carbons (Fsp3) is 0.0400. The normalized spacial score (nSPS) is 11.1. The van der Waals surface area contributed by atoms with E-state index in [4.69, 9.17) is 21.0 Å². The summed E-state index contributed by atoms with van der Waals surface area (Å²) in [5, 5.41) is 0.373. The van der Waals surface area contributed by atoms with Crippen molar-refractivity contribution in [3.63, 3.8) is 0 Å². The van der Waals surface area contributed by atoms with E-state index in [0.29, 0.717) is 16.6 Å². The maximum Gasteiger partial charge on any atom is 0.426 e. The smallest absolute Gasteiger partial charge is 0.426 e. The van der Waals surface area contributed by atoms with Gasteiger partial charge in [-0.15, -0.1) is 0 Å². The first-order valence-electron chi connectivity index (χ1n) is 9.83. The second-order valence-electron chi connectivity index (χ2n) is 6.82. The zero-order valence-electron chi connectivity index (χ0n) is 17.0. The Kier molecular flexibility index (Phi) is 6.65. The van der Waals surface area contributed by atoms with Gasteiger partial charge in [-0.05, 0) is 35.2 Å². The predicted octanol–water partition coefficient (Wildman–Crippen LogP) is 4.46. The minimum atomic E-state index is -0.298. The number of halogens is 1. The van der Waals surface area contributed by atoms with Crippen LogP contribution >= 0.6 is 11.6 Å². The number of hydrogen-bond donors (Lipinski definition) is 0. The molecule has 6 heteroatoms. The van der Waals surface area contributed by atoms with Crippen molar-refractivity contribution in [3.05, 3.63) is 114 Å². The largest absolute Gasteiger partial charge is 0.551 e. The van der Waals surface area contributed by atoms with Crippen molar-refractivity contribution < 1.29 is 9.39 Å². The molecule has 152 valence electrons. The van der Waals surface area contributed by atoms with E-state index in [9.17, 15) is 0 Å². The summed E-state index contributed by atoms with van der Waals surface area (Å²) in [4.78, 5) is 8.28. The molecule has 0 atom stereocenters. The standard InChI is InChI=1S/C25H20BClN2O2/c1-30-23-14-12-19(13-15-23)24(16-22-17-25(27)29-18-28-22)31-26(20-8-4-2-5-9-20)21-10-6-3-7-11-21/h2-18H,1H3/b24-16+. The molecule has 0 radical (unpaired) electrons. The number of nitrogens with zero attached hydrogens (tertiary/aromatic N) is 2. The summed E-state index contributed by atoms with van der Waals surface area (Å²) in [5.74, 6) is 1.44. The minimum absolute atomic E-state index is 0.298. The Hall–Kier alpha value is -3.57. The van der Waals surface area contributed by atoms with Crippen LogP contribution in [-0.2, 0) is 4.65 Å². The Morgan fingerprint density at radius 1 is 0.839 bits per heavy atom. The summed E-state index contributed by atoms with van der Waals surface area (Å²) >= 11 is 6.07. The summed E-state index contributed by atoms with van der Waals surface area (Å²) in [6, 6.07) is 29.7. The van der Waals surface area contributed by atoms with Crippen LogP contribution in [0.25, 0.3) is 11.8 Å². The average molecular weight is 427 g/mol. The van der Waals surface area contributed by atoms with Crippen molar-refractivity contribution in [1.82, 2.24) is 9.97 Å². The van der Waals surface area contributed by atoms with Crippen LogP contribution in [0.5, 0.6) is 5.75 Å². The molecule has 0 N–H and O–H groups in total. The van der Waals surface area contributed by atoms with Gasteiger partial charge in [0.25, 0.3) is 0 Å². The van der Waals surface area contributed by atoms with Crippen LogP contribution in [-0.4, -0.2) is 24.0 Å². The van der Waals surface area contributed by atoms with Crippen LogP contribution < -0.4 is 15.7 Å². The van der Waals surface area contributed by atoms with Crippen LogP contribution in [0.4, 0.5) is 0 Å². The molecule has 3 aromatic carbocycles. The summed E-state index contributed by atoms with van der Waals surface area (Å²) in [5.41, 5.74) is 3.65. The third-order valence-electron chi connectivity index (χ3n) is 4.76. The van der Waals surface area contributed by atoms with Gasteiger partial charge in [0.2, 0.25) is 0 Å². The Morgan fingerprint density at radius 3 is 2.00 bits per heavy atom. The highest BCUT2D eigenvalue weighted by Crippen LogP contribution is 2.23. The van der Waals surface area contributed by atoms with Gasteiger partial charge in [-0.25, -0.2) is 9.97 Å². The van der Waals surface area contributed by atoms with Gasteiger partial charge >= 0.3 is 6.92 Å². The quantitative estimate of drug-likeness (QED) is 0.249. The summed E-state index contributed by atoms with van der Waals surface area (Å²) < 4.78 is 11.9. The lowest BCUT2D eigenvalue weighted by Gasteiger charge is -2.20. The molecule has 0 aliphatic heterocycles. The Bertz CT molecular complexity index is 1110. The lowest BCUT2D eigenvalue weighted by molar-refractivity contribution is 0.414. The summed E-state index contributed by atoms with van der Waals surface area (Å²) in [6.07, 6.45) is 3.31. The number of ether oxygens (including phenoxy) is 1. The number of benzene rings is 3. The third kappa shape index (κ3) is 5.33. The third-order valence-corrected chi connectivity index (χ3v) is 4.96. The lowest BCUT2D eigenvalue weighted by Crippen LogP contribution is -2.44. The maximum absolute atomic E-state index is 6.64. The number of aromatic nitrogens is 2. The molecule has 0 spiro atoms. The van der Waals surface area contributed by atoms with Gasteiger partial charge in [0.15, 0.2) is 0 Å². The van der Waals surface area contributed by atoms with Crippen LogP contribution in [0.1, 0.15) is 11.3 Å². The highest BCUT2D eigenvalue weighted by Gasteiger charge is 2.24. The van der Waals surface area contributed by atoms with Gasteiger partial charge in [-0.3, -0.25) is 0 Å².